The van der Waals surface area contributed by atoms with E-state index in [0.29, 0.717) is 6.42 Å². The molecule has 2 atom stereocenters. The molecule has 13 heavy (non-hydrogen) atoms. The van der Waals surface area contributed by atoms with Crippen molar-refractivity contribution in [1.82, 2.24) is 0 Å². The van der Waals surface area contributed by atoms with E-state index in [-0.39, 0.29) is 23.6 Å². The molecule has 0 bridgehead atoms. The first-order valence-corrected chi connectivity index (χ1v) is 4.61. The summed E-state index contributed by atoms with van der Waals surface area (Å²) >= 11 is 0. The lowest BCUT2D eigenvalue weighted by Gasteiger charge is -2.15. The standard InChI is InChI=1S/C10H18O3/c1-5-9(8(3)11)6-7(2)10(12)13-4/h7,9H,5-6H2,1-4H3. The van der Waals surface area contributed by atoms with Gasteiger partial charge in [0.25, 0.3) is 0 Å². The third kappa shape index (κ3) is 4.06. The molecule has 3 heteroatoms. The molecule has 0 heterocycles. The molecule has 0 spiro atoms. The Morgan fingerprint density at radius 3 is 2.23 bits per heavy atom. The molecule has 0 aliphatic carbocycles. The van der Waals surface area contributed by atoms with E-state index in [2.05, 4.69) is 4.74 Å². The number of Topliss-reactive ketones (excluding diaryl/α,β-unsaturated/α-hetero) is 1. The molecule has 3 nitrogen and oxygen atoms in total. The van der Waals surface area contributed by atoms with Crippen LogP contribution < -0.4 is 0 Å². The van der Waals surface area contributed by atoms with Gasteiger partial charge in [-0.05, 0) is 19.8 Å². The molecule has 2 unspecified atom stereocenters. The summed E-state index contributed by atoms with van der Waals surface area (Å²) in [6.45, 7) is 5.31. The fraction of sp³-hybridized carbons (Fsp3) is 0.800. The molecule has 0 radical (unpaired) electrons. The van der Waals surface area contributed by atoms with Gasteiger partial charge in [-0.25, -0.2) is 0 Å². The van der Waals surface area contributed by atoms with Crippen molar-refractivity contribution >= 4 is 11.8 Å². The van der Waals surface area contributed by atoms with Crippen LogP contribution in [0, 0.1) is 11.8 Å². The van der Waals surface area contributed by atoms with Crippen molar-refractivity contribution in [2.75, 3.05) is 7.11 Å². The number of hydrogen-bond acceptors (Lipinski definition) is 3. The third-order valence-corrected chi connectivity index (χ3v) is 2.31. The number of esters is 1. The summed E-state index contributed by atoms with van der Waals surface area (Å²) in [5, 5.41) is 0. The predicted molar refractivity (Wildman–Crippen MR) is 50.3 cm³/mol. The zero-order chi connectivity index (χ0) is 10.4. The maximum Gasteiger partial charge on any atom is 0.308 e. The van der Waals surface area contributed by atoms with Crippen molar-refractivity contribution in [3.8, 4) is 0 Å². The van der Waals surface area contributed by atoms with Crippen molar-refractivity contribution < 1.29 is 14.3 Å². The van der Waals surface area contributed by atoms with Gasteiger partial charge in [0.15, 0.2) is 0 Å². The summed E-state index contributed by atoms with van der Waals surface area (Å²) in [5.41, 5.74) is 0. The minimum atomic E-state index is -0.236. The van der Waals surface area contributed by atoms with E-state index in [4.69, 9.17) is 0 Å². The molecule has 0 aliphatic rings. The van der Waals surface area contributed by atoms with E-state index < -0.39 is 0 Å². The summed E-state index contributed by atoms with van der Waals surface area (Å²) in [4.78, 5) is 22.1. The normalized spacial score (nSPS) is 14.8. The van der Waals surface area contributed by atoms with Gasteiger partial charge < -0.3 is 4.74 Å². The SMILES string of the molecule is CCC(CC(C)C(=O)OC)C(C)=O. The summed E-state index contributed by atoms with van der Waals surface area (Å²) in [6, 6.07) is 0. The van der Waals surface area contributed by atoms with Crippen molar-refractivity contribution in [2.45, 2.75) is 33.6 Å². The van der Waals surface area contributed by atoms with Crippen molar-refractivity contribution in [2.24, 2.45) is 11.8 Å². The fourth-order valence-corrected chi connectivity index (χ4v) is 1.34. The molecule has 0 aromatic heterocycles. The number of ether oxygens (including phenoxy) is 1. The smallest absolute Gasteiger partial charge is 0.308 e. The van der Waals surface area contributed by atoms with Crippen molar-refractivity contribution in [3.05, 3.63) is 0 Å². The van der Waals surface area contributed by atoms with Gasteiger partial charge in [-0.3, -0.25) is 9.59 Å². The fourth-order valence-electron chi connectivity index (χ4n) is 1.34. The predicted octanol–water partition coefficient (Wildman–Crippen LogP) is 1.80. The van der Waals surface area contributed by atoms with Crippen LogP contribution in [0.25, 0.3) is 0 Å². The van der Waals surface area contributed by atoms with Gasteiger partial charge in [0, 0.05) is 5.92 Å². The highest BCUT2D eigenvalue weighted by atomic mass is 16.5. The first kappa shape index (κ1) is 12.1. The second-order valence-electron chi connectivity index (χ2n) is 3.38. The minimum absolute atomic E-state index is 0.00546. The van der Waals surface area contributed by atoms with Gasteiger partial charge in [-0.1, -0.05) is 13.8 Å². The Bertz CT molecular complexity index is 187. The Morgan fingerprint density at radius 1 is 1.38 bits per heavy atom. The molecule has 0 saturated heterocycles. The Kier molecular flexibility index (Phi) is 5.35. The Morgan fingerprint density at radius 2 is 1.92 bits per heavy atom. The first-order chi connectivity index (χ1) is 6.02. The van der Waals surface area contributed by atoms with Crippen LogP contribution in [0.5, 0.6) is 0 Å². The summed E-state index contributed by atoms with van der Waals surface area (Å²) in [5.74, 6) is -0.272. The highest BCUT2D eigenvalue weighted by Crippen LogP contribution is 2.17. The number of rotatable bonds is 5. The van der Waals surface area contributed by atoms with E-state index in [1.165, 1.54) is 7.11 Å². The van der Waals surface area contributed by atoms with Crippen LogP contribution in [0.1, 0.15) is 33.6 Å². The molecule has 0 fully saturated rings. The van der Waals surface area contributed by atoms with E-state index in [9.17, 15) is 9.59 Å². The topological polar surface area (TPSA) is 43.4 Å². The monoisotopic (exact) mass is 186 g/mol. The molecular weight excluding hydrogens is 168 g/mol. The molecule has 0 aromatic carbocycles. The zero-order valence-corrected chi connectivity index (χ0v) is 8.79. The number of carbonyl (C=O) groups excluding carboxylic acids is 2. The summed E-state index contributed by atoms with van der Waals surface area (Å²) in [7, 11) is 1.37. The van der Waals surface area contributed by atoms with Crippen LogP contribution in [0.15, 0.2) is 0 Å². The van der Waals surface area contributed by atoms with Crippen molar-refractivity contribution in [1.29, 1.82) is 0 Å². The van der Waals surface area contributed by atoms with Gasteiger partial charge in [-0.2, -0.15) is 0 Å². The summed E-state index contributed by atoms with van der Waals surface area (Å²) in [6.07, 6.45) is 1.38. The average Bonchev–Trinajstić information content (AvgIpc) is 2.11. The molecular formula is C10H18O3. The lowest BCUT2D eigenvalue weighted by molar-refractivity contribution is -0.145. The summed E-state index contributed by atoms with van der Waals surface area (Å²) < 4.78 is 4.59. The molecule has 0 aliphatic heterocycles. The van der Waals surface area contributed by atoms with Crippen LogP contribution in [0.2, 0.25) is 0 Å². The van der Waals surface area contributed by atoms with Crippen LogP contribution in [0.3, 0.4) is 0 Å². The van der Waals surface area contributed by atoms with Gasteiger partial charge in [0.05, 0.1) is 13.0 Å². The third-order valence-electron chi connectivity index (χ3n) is 2.31. The molecule has 0 N–H and O–H groups in total. The number of carbonyl (C=O) groups is 2. The maximum absolute atomic E-state index is 11.1. The lowest BCUT2D eigenvalue weighted by atomic mass is 9.91. The quantitative estimate of drug-likeness (QED) is 0.615. The molecule has 0 rings (SSSR count). The second kappa shape index (κ2) is 5.73. The minimum Gasteiger partial charge on any atom is -0.469 e. The average molecular weight is 186 g/mol. The lowest BCUT2D eigenvalue weighted by Crippen LogP contribution is -2.20. The van der Waals surface area contributed by atoms with E-state index in [1.807, 2.05) is 6.92 Å². The number of methoxy groups -OCH3 is 1. The highest BCUT2D eigenvalue weighted by molar-refractivity contribution is 5.79. The first-order valence-electron chi connectivity index (χ1n) is 4.61. The molecule has 0 aromatic rings. The molecule has 0 amide bonds. The molecule has 76 valence electrons. The van der Waals surface area contributed by atoms with Gasteiger partial charge in [0.2, 0.25) is 0 Å². The van der Waals surface area contributed by atoms with Gasteiger partial charge in [0.1, 0.15) is 5.78 Å². The Labute approximate surface area is 79.5 Å². The maximum atomic E-state index is 11.1. The van der Waals surface area contributed by atoms with E-state index in [0.717, 1.165) is 6.42 Å². The van der Waals surface area contributed by atoms with E-state index in [1.54, 1.807) is 13.8 Å². The largest absolute Gasteiger partial charge is 0.469 e. The zero-order valence-electron chi connectivity index (χ0n) is 8.79. The second-order valence-corrected chi connectivity index (χ2v) is 3.38. The van der Waals surface area contributed by atoms with Crippen LogP contribution >= 0.6 is 0 Å². The highest BCUT2D eigenvalue weighted by Gasteiger charge is 2.20. The molecule has 0 saturated carbocycles. The van der Waals surface area contributed by atoms with Crippen molar-refractivity contribution in [3.63, 3.8) is 0 Å². The number of hydrogen-bond donors (Lipinski definition) is 0. The van der Waals surface area contributed by atoms with Gasteiger partial charge in [-0.15, -0.1) is 0 Å². The Hall–Kier alpha value is -0.860. The van der Waals surface area contributed by atoms with E-state index >= 15 is 0 Å². The Balaban J connectivity index is 4.08. The number of ketones is 1. The van der Waals surface area contributed by atoms with Gasteiger partial charge >= 0.3 is 5.97 Å². The van der Waals surface area contributed by atoms with Crippen LogP contribution in [0.4, 0.5) is 0 Å². The van der Waals surface area contributed by atoms with Crippen LogP contribution in [-0.4, -0.2) is 18.9 Å². The van der Waals surface area contributed by atoms with Crippen LogP contribution in [-0.2, 0) is 14.3 Å².